The average Bonchev–Trinajstić information content (AvgIpc) is 2.56. The van der Waals surface area contributed by atoms with Crippen molar-refractivity contribution in [1.82, 2.24) is 10.3 Å². The van der Waals surface area contributed by atoms with Crippen LogP contribution in [0.4, 0.5) is 0 Å². The molecule has 0 bridgehead atoms. The van der Waals surface area contributed by atoms with Crippen molar-refractivity contribution in [3.8, 4) is 0 Å². The number of aromatic nitrogens is 1. The molecule has 20 heavy (non-hydrogen) atoms. The van der Waals surface area contributed by atoms with Crippen LogP contribution in [0.3, 0.4) is 0 Å². The second-order valence-electron chi connectivity index (χ2n) is 6.08. The molecule has 1 saturated heterocycles. The summed E-state index contributed by atoms with van der Waals surface area (Å²) in [6.07, 6.45) is 1.88. The molecule has 108 valence electrons. The molecular weight excluding hydrogens is 255 g/mol. The number of carbonyl (C=O) groups is 1. The van der Waals surface area contributed by atoms with Gasteiger partial charge in [0.1, 0.15) is 0 Å². The average molecular weight is 276 g/mol. The topological polar surface area (TPSA) is 60.5 Å². The predicted octanol–water partition coefficient (Wildman–Crippen LogP) is 1.75. The Balaban J connectivity index is 1.91. The molecule has 1 aromatic heterocycles. The first-order valence-electron chi connectivity index (χ1n) is 6.78. The van der Waals surface area contributed by atoms with Crippen LogP contribution in [0, 0.1) is 6.92 Å². The number of hydrogen-bond donors (Lipinski definition) is 1. The summed E-state index contributed by atoms with van der Waals surface area (Å²) in [6, 6.07) is 3.56. The lowest BCUT2D eigenvalue weighted by atomic mass is 9.90. The largest absolute Gasteiger partial charge is 0.478 e. The summed E-state index contributed by atoms with van der Waals surface area (Å²) in [4.78, 5) is 16.1. The Hall–Kier alpha value is -1.40. The summed E-state index contributed by atoms with van der Waals surface area (Å²) in [5.74, 6) is -0.174. The van der Waals surface area contributed by atoms with E-state index < -0.39 is 7.12 Å². The van der Waals surface area contributed by atoms with Gasteiger partial charge in [-0.2, -0.15) is 0 Å². The summed E-state index contributed by atoms with van der Waals surface area (Å²) in [5.41, 5.74) is 0.654. The fourth-order valence-corrected chi connectivity index (χ4v) is 1.93. The van der Waals surface area contributed by atoms with E-state index >= 15 is 0 Å². The van der Waals surface area contributed by atoms with Crippen molar-refractivity contribution in [1.29, 1.82) is 0 Å². The van der Waals surface area contributed by atoms with Crippen molar-refractivity contribution in [2.75, 3.05) is 6.44 Å². The van der Waals surface area contributed by atoms with E-state index in [1.165, 1.54) is 0 Å². The van der Waals surface area contributed by atoms with Crippen molar-refractivity contribution in [2.45, 2.75) is 45.8 Å². The van der Waals surface area contributed by atoms with Crippen LogP contribution in [-0.2, 0) is 9.31 Å². The van der Waals surface area contributed by atoms with Crippen molar-refractivity contribution in [2.24, 2.45) is 0 Å². The second-order valence-corrected chi connectivity index (χ2v) is 6.08. The number of carbonyl (C=O) groups excluding carboxylic acids is 1. The molecule has 0 spiro atoms. The lowest BCUT2D eigenvalue weighted by Gasteiger charge is -2.32. The van der Waals surface area contributed by atoms with Gasteiger partial charge in [-0.15, -0.1) is 0 Å². The normalized spacial score (nSPS) is 19.9. The SMILES string of the molecule is Cc1ccc(C(=O)NCB2OC(C)(C)C(C)(C)O2)cn1. The molecule has 1 aliphatic heterocycles. The number of nitrogens with one attached hydrogen (secondary N) is 1. The molecule has 1 fully saturated rings. The molecule has 6 heteroatoms. The van der Waals surface area contributed by atoms with Crippen LogP contribution < -0.4 is 5.32 Å². The van der Waals surface area contributed by atoms with Crippen LogP contribution in [0.15, 0.2) is 18.3 Å². The smallest absolute Gasteiger partial charge is 0.402 e. The van der Waals surface area contributed by atoms with Gasteiger partial charge >= 0.3 is 7.12 Å². The summed E-state index contributed by atoms with van der Waals surface area (Å²) in [7, 11) is -0.428. The Morgan fingerprint density at radius 2 is 1.85 bits per heavy atom. The molecule has 5 nitrogen and oxygen atoms in total. The number of aryl methyl sites for hydroxylation is 1. The van der Waals surface area contributed by atoms with Crippen molar-refractivity contribution >= 4 is 13.0 Å². The number of amides is 1. The van der Waals surface area contributed by atoms with E-state index in [2.05, 4.69) is 10.3 Å². The molecular formula is C14H21BN2O3. The van der Waals surface area contributed by atoms with Crippen molar-refractivity contribution in [3.63, 3.8) is 0 Å². The highest BCUT2D eigenvalue weighted by Gasteiger charge is 2.50. The first kappa shape index (κ1) is 15.0. The van der Waals surface area contributed by atoms with E-state index in [0.717, 1.165) is 5.69 Å². The molecule has 0 saturated carbocycles. The Kier molecular flexibility index (Phi) is 3.89. The van der Waals surface area contributed by atoms with Crippen LogP contribution in [-0.4, -0.2) is 35.7 Å². The lowest BCUT2D eigenvalue weighted by molar-refractivity contribution is 0.00578. The molecule has 0 aliphatic carbocycles. The van der Waals surface area contributed by atoms with Gasteiger partial charge in [-0.3, -0.25) is 9.78 Å². The maximum atomic E-state index is 12.0. The standard InChI is InChI=1S/C14H21BN2O3/c1-10-6-7-11(8-16-10)12(18)17-9-15-19-13(2,3)14(4,5)20-15/h6-8H,9H2,1-5H3,(H,17,18). The first-order chi connectivity index (χ1) is 9.21. The van der Waals surface area contributed by atoms with Gasteiger partial charge in [0.15, 0.2) is 0 Å². The predicted molar refractivity (Wildman–Crippen MR) is 77.4 cm³/mol. The summed E-state index contributed by atoms with van der Waals surface area (Å²) in [5, 5.41) is 2.81. The van der Waals surface area contributed by atoms with E-state index in [1.807, 2.05) is 40.7 Å². The zero-order valence-corrected chi connectivity index (χ0v) is 12.7. The number of rotatable bonds is 3. The second kappa shape index (κ2) is 5.18. The third-order valence-electron chi connectivity index (χ3n) is 3.90. The Morgan fingerprint density at radius 1 is 1.25 bits per heavy atom. The molecule has 1 N–H and O–H groups in total. The monoisotopic (exact) mass is 276 g/mol. The maximum Gasteiger partial charge on any atom is 0.478 e. The Labute approximate surface area is 120 Å². The van der Waals surface area contributed by atoms with E-state index in [4.69, 9.17) is 9.31 Å². The van der Waals surface area contributed by atoms with Gasteiger partial charge in [0.2, 0.25) is 0 Å². The van der Waals surface area contributed by atoms with Crippen LogP contribution in [0.1, 0.15) is 43.7 Å². The van der Waals surface area contributed by atoms with E-state index in [-0.39, 0.29) is 17.1 Å². The fourth-order valence-electron chi connectivity index (χ4n) is 1.93. The van der Waals surface area contributed by atoms with Crippen molar-refractivity contribution in [3.05, 3.63) is 29.6 Å². The van der Waals surface area contributed by atoms with Gasteiger partial charge in [-0.25, -0.2) is 0 Å². The zero-order chi connectivity index (χ0) is 15.0. The third kappa shape index (κ3) is 3.02. The molecule has 1 amide bonds. The highest BCUT2D eigenvalue weighted by Crippen LogP contribution is 2.36. The summed E-state index contributed by atoms with van der Waals surface area (Å²) in [6.45, 7) is 9.82. The van der Waals surface area contributed by atoms with Crippen molar-refractivity contribution < 1.29 is 14.1 Å². The first-order valence-corrected chi connectivity index (χ1v) is 6.78. The highest BCUT2D eigenvalue weighted by atomic mass is 16.7. The summed E-state index contributed by atoms with van der Waals surface area (Å²) < 4.78 is 11.6. The van der Waals surface area contributed by atoms with E-state index in [9.17, 15) is 4.79 Å². The molecule has 1 aromatic rings. The van der Waals surface area contributed by atoms with Crippen LogP contribution in [0.2, 0.25) is 0 Å². The van der Waals surface area contributed by atoms with Gasteiger partial charge in [-0.1, -0.05) is 0 Å². The van der Waals surface area contributed by atoms with Gasteiger partial charge in [0.05, 0.1) is 23.2 Å². The minimum absolute atomic E-state index is 0.174. The highest BCUT2D eigenvalue weighted by molar-refractivity contribution is 6.46. The van der Waals surface area contributed by atoms with Gasteiger partial charge in [-0.05, 0) is 46.8 Å². The minimum atomic E-state index is -0.428. The number of pyridine rings is 1. The quantitative estimate of drug-likeness (QED) is 0.854. The minimum Gasteiger partial charge on any atom is -0.402 e. The van der Waals surface area contributed by atoms with Crippen LogP contribution in [0.5, 0.6) is 0 Å². The Morgan fingerprint density at radius 3 is 2.35 bits per heavy atom. The van der Waals surface area contributed by atoms with E-state index in [0.29, 0.717) is 12.0 Å². The molecule has 1 aliphatic rings. The van der Waals surface area contributed by atoms with Gasteiger partial charge in [0, 0.05) is 11.9 Å². The van der Waals surface area contributed by atoms with Gasteiger partial charge in [0.25, 0.3) is 5.91 Å². The molecule has 0 atom stereocenters. The third-order valence-corrected chi connectivity index (χ3v) is 3.90. The zero-order valence-electron chi connectivity index (χ0n) is 12.7. The Bertz CT molecular complexity index is 484. The molecule has 0 aromatic carbocycles. The molecule has 0 unspecified atom stereocenters. The summed E-state index contributed by atoms with van der Waals surface area (Å²) >= 11 is 0. The van der Waals surface area contributed by atoms with Crippen LogP contribution in [0.25, 0.3) is 0 Å². The molecule has 2 rings (SSSR count). The molecule has 2 heterocycles. The van der Waals surface area contributed by atoms with Crippen LogP contribution >= 0.6 is 0 Å². The lowest BCUT2D eigenvalue weighted by Crippen LogP contribution is -2.41. The number of nitrogens with zero attached hydrogens (tertiary/aromatic N) is 1. The van der Waals surface area contributed by atoms with Gasteiger partial charge < -0.3 is 14.6 Å². The molecule has 0 radical (unpaired) electrons. The maximum absolute atomic E-state index is 12.0. The van der Waals surface area contributed by atoms with E-state index in [1.54, 1.807) is 12.3 Å². The fraction of sp³-hybridized carbons (Fsp3) is 0.571. The number of hydrogen-bond acceptors (Lipinski definition) is 4.